The van der Waals surface area contributed by atoms with Crippen molar-refractivity contribution < 1.29 is 0 Å². The Labute approximate surface area is 82.6 Å². The first-order chi connectivity index (χ1) is 6.75. The van der Waals surface area contributed by atoms with E-state index in [1.807, 2.05) is 32.0 Å². The molecule has 0 aliphatic rings. The second-order valence-electron chi connectivity index (χ2n) is 3.19. The minimum absolute atomic E-state index is 0.978. The third-order valence-electron chi connectivity index (χ3n) is 1.92. The fourth-order valence-corrected chi connectivity index (χ4v) is 1.29. The van der Waals surface area contributed by atoms with E-state index in [2.05, 4.69) is 15.5 Å². The second-order valence-corrected chi connectivity index (χ2v) is 3.19. The zero-order valence-corrected chi connectivity index (χ0v) is 8.23. The Bertz CT molecular complexity index is 419. The van der Waals surface area contributed by atoms with E-state index < -0.39 is 0 Å². The van der Waals surface area contributed by atoms with Crippen molar-refractivity contribution in [2.45, 2.75) is 13.8 Å². The van der Waals surface area contributed by atoms with Gasteiger partial charge < -0.3 is 0 Å². The lowest BCUT2D eigenvalue weighted by atomic mass is 10.4. The van der Waals surface area contributed by atoms with E-state index in [0.29, 0.717) is 0 Å². The van der Waals surface area contributed by atoms with Crippen LogP contribution < -0.4 is 5.43 Å². The van der Waals surface area contributed by atoms with Crippen molar-refractivity contribution in [3.8, 4) is 0 Å². The number of hydrogen-bond acceptors (Lipinski definition) is 3. The standard InChI is InChI=1S/C10H12N4/c1-8-7-9(2)14(12-8)13-10-3-5-11-6-4-10/h3-7H,1-2H3,(H,11,13). The maximum atomic E-state index is 4.29. The minimum atomic E-state index is 0.978. The average Bonchev–Trinajstić information content (AvgIpc) is 2.47. The van der Waals surface area contributed by atoms with Crippen molar-refractivity contribution in [3.05, 3.63) is 42.0 Å². The first kappa shape index (κ1) is 8.74. The predicted octanol–water partition coefficient (Wildman–Crippen LogP) is 1.77. The average molecular weight is 188 g/mol. The summed E-state index contributed by atoms with van der Waals surface area (Å²) in [6, 6.07) is 5.82. The summed E-state index contributed by atoms with van der Waals surface area (Å²) in [5.41, 5.74) is 6.22. The fourth-order valence-electron chi connectivity index (χ4n) is 1.29. The second kappa shape index (κ2) is 3.49. The normalized spacial score (nSPS) is 10.1. The zero-order valence-electron chi connectivity index (χ0n) is 8.23. The van der Waals surface area contributed by atoms with Gasteiger partial charge in [0, 0.05) is 12.4 Å². The smallest absolute Gasteiger partial charge is 0.0617 e. The molecule has 0 amide bonds. The lowest BCUT2D eigenvalue weighted by Crippen LogP contribution is -2.12. The number of hydrogen-bond donors (Lipinski definition) is 1. The minimum Gasteiger partial charge on any atom is -0.278 e. The van der Waals surface area contributed by atoms with Crippen LogP contribution >= 0.6 is 0 Å². The molecule has 2 aromatic rings. The summed E-state index contributed by atoms with van der Waals surface area (Å²) < 4.78 is 0. The van der Waals surface area contributed by atoms with Crippen LogP contribution in [0.1, 0.15) is 11.4 Å². The third-order valence-corrected chi connectivity index (χ3v) is 1.92. The van der Waals surface area contributed by atoms with Gasteiger partial charge in [-0.05, 0) is 32.0 Å². The van der Waals surface area contributed by atoms with Crippen LogP contribution in [0.5, 0.6) is 0 Å². The molecule has 0 aliphatic carbocycles. The quantitative estimate of drug-likeness (QED) is 0.781. The van der Waals surface area contributed by atoms with E-state index >= 15 is 0 Å². The molecule has 0 spiro atoms. The van der Waals surface area contributed by atoms with E-state index in [-0.39, 0.29) is 0 Å². The Balaban J connectivity index is 2.23. The van der Waals surface area contributed by atoms with Crippen LogP contribution in [0, 0.1) is 13.8 Å². The van der Waals surface area contributed by atoms with Crippen LogP contribution in [-0.2, 0) is 0 Å². The Kier molecular flexibility index (Phi) is 2.18. The molecular weight excluding hydrogens is 176 g/mol. The largest absolute Gasteiger partial charge is 0.278 e. The highest BCUT2D eigenvalue weighted by molar-refractivity contribution is 5.40. The van der Waals surface area contributed by atoms with Crippen molar-refractivity contribution in [1.29, 1.82) is 0 Å². The Morgan fingerprint density at radius 1 is 1.21 bits per heavy atom. The van der Waals surface area contributed by atoms with Crippen LogP contribution in [0.15, 0.2) is 30.6 Å². The van der Waals surface area contributed by atoms with E-state index in [1.54, 1.807) is 17.2 Å². The Morgan fingerprint density at radius 3 is 2.50 bits per heavy atom. The summed E-state index contributed by atoms with van der Waals surface area (Å²) >= 11 is 0. The molecule has 0 fully saturated rings. The first-order valence-electron chi connectivity index (χ1n) is 4.46. The molecule has 2 heterocycles. The van der Waals surface area contributed by atoms with E-state index in [9.17, 15) is 0 Å². The Hall–Kier alpha value is -1.84. The molecule has 0 bridgehead atoms. The van der Waals surface area contributed by atoms with Crippen molar-refractivity contribution in [1.82, 2.24) is 14.9 Å². The summed E-state index contributed by atoms with van der Waals surface area (Å²) in [6.07, 6.45) is 3.49. The Morgan fingerprint density at radius 2 is 1.93 bits per heavy atom. The first-order valence-corrected chi connectivity index (χ1v) is 4.46. The summed E-state index contributed by atoms with van der Waals surface area (Å²) in [5, 5.41) is 4.29. The molecule has 0 saturated heterocycles. The summed E-state index contributed by atoms with van der Waals surface area (Å²) in [5.74, 6) is 0. The number of aryl methyl sites for hydroxylation is 2. The van der Waals surface area contributed by atoms with Crippen LogP contribution in [0.3, 0.4) is 0 Å². The van der Waals surface area contributed by atoms with E-state index in [0.717, 1.165) is 17.1 Å². The molecule has 0 saturated carbocycles. The highest BCUT2D eigenvalue weighted by atomic mass is 15.6. The molecule has 2 aromatic heterocycles. The lowest BCUT2D eigenvalue weighted by molar-refractivity contribution is 0.764. The van der Waals surface area contributed by atoms with E-state index in [4.69, 9.17) is 0 Å². The molecule has 0 aromatic carbocycles. The van der Waals surface area contributed by atoms with Gasteiger partial charge in [-0.2, -0.15) is 9.89 Å². The fraction of sp³-hybridized carbons (Fsp3) is 0.200. The number of nitrogens with one attached hydrogen (secondary N) is 1. The van der Waals surface area contributed by atoms with E-state index in [1.165, 1.54) is 0 Å². The molecule has 4 heteroatoms. The van der Waals surface area contributed by atoms with Gasteiger partial charge in [0.1, 0.15) is 0 Å². The highest BCUT2D eigenvalue weighted by Gasteiger charge is 1.99. The molecule has 1 N–H and O–H groups in total. The molecular formula is C10H12N4. The number of pyridine rings is 1. The number of anilines is 1. The van der Waals surface area contributed by atoms with Gasteiger partial charge in [-0.25, -0.2) is 0 Å². The van der Waals surface area contributed by atoms with Crippen LogP contribution in [0.2, 0.25) is 0 Å². The molecule has 2 rings (SSSR count). The van der Waals surface area contributed by atoms with Gasteiger partial charge in [-0.1, -0.05) is 0 Å². The molecule has 0 atom stereocenters. The molecule has 4 nitrogen and oxygen atoms in total. The third kappa shape index (κ3) is 1.74. The number of aromatic nitrogens is 3. The topological polar surface area (TPSA) is 42.7 Å². The van der Waals surface area contributed by atoms with Gasteiger partial charge in [-0.15, -0.1) is 0 Å². The van der Waals surface area contributed by atoms with Crippen LogP contribution in [0.4, 0.5) is 5.69 Å². The maximum Gasteiger partial charge on any atom is 0.0617 e. The SMILES string of the molecule is Cc1cc(C)n(Nc2ccncc2)n1. The van der Waals surface area contributed by atoms with Gasteiger partial charge in [0.2, 0.25) is 0 Å². The monoisotopic (exact) mass is 188 g/mol. The predicted molar refractivity (Wildman–Crippen MR) is 55.0 cm³/mol. The van der Waals surface area contributed by atoms with Gasteiger partial charge >= 0.3 is 0 Å². The highest BCUT2D eigenvalue weighted by Crippen LogP contribution is 2.06. The summed E-state index contributed by atoms with van der Waals surface area (Å²) in [4.78, 5) is 5.70. The van der Waals surface area contributed by atoms with Gasteiger partial charge in [0.15, 0.2) is 0 Å². The molecule has 72 valence electrons. The van der Waals surface area contributed by atoms with Crippen molar-refractivity contribution in [3.63, 3.8) is 0 Å². The summed E-state index contributed by atoms with van der Waals surface area (Å²) in [7, 11) is 0. The van der Waals surface area contributed by atoms with Gasteiger partial charge in [0.05, 0.1) is 17.1 Å². The summed E-state index contributed by atoms with van der Waals surface area (Å²) in [6.45, 7) is 3.98. The zero-order chi connectivity index (χ0) is 9.97. The lowest BCUT2D eigenvalue weighted by Gasteiger charge is -2.06. The van der Waals surface area contributed by atoms with Crippen molar-refractivity contribution in [2.24, 2.45) is 0 Å². The molecule has 14 heavy (non-hydrogen) atoms. The van der Waals surface area contributed by atoms with Gasteiger partial charge in [0.25, 0.3) is 0 Å². The maximum absolute atomic E-state index is 4.29. The van der Waals surface area contributed by atoms with Crippen LogP contribution in [0.25, 0.3) is 0 Å². The molecule has 0 radical (unpaired) electrons. The number of rotatable bonds is 2. The van der Waals surface area contributed by atoms with Crippen molar-refractivity contribution >= 4 is 5.69 Å². The molecule has 0 unspecified atom stereocenters. The number of nitrogens with zero attached hydrogens (tertiary/aromatic N) is 3. The molecule has 0 aliphatic heterocycles. The van der Waals surface area contributed by atoms with Gasteiger partial charge in [-0.3, -0.25) is 10.4 Å². The van der Waals surface area contributed by atoms with Crippen molar-refractivity contribution in [2.75, 3.05) is 5.43 Å². The van der Waals surface area contributed by atoms with Crippen LogP contribution in [-0.4, -0.2) is 14.9 Å².